The van der Waals surface area contributed by atoms with E-state index in [0.717, 1.165) is 12.1 Å². The Kier molecular flexibility index (Phi) is 2.98. The molecule has 2 heterocycles. The fourth-order valence-corrected chi connectivity index (χ4v) is 1.98. The maximum absolute atomic E-state index is 13.1. The molecule has 6 heteroatoms. The van der Waals surface area contributed by atoms with Crippen molar-refractivity contribution < 1.29 is 13.6 Å². The van der Waals surface area contributed by atoms with Crippen LogP contribution in [0, 0.1) is 11.6 Å². The van der Waals surface area contributed by atoms with E-state index in [4.69, 9.17) is 0 Å². The minimum atomic E-state index is -0.961. The van der Waals surface area contributed by atoms with Gasteiger partial charge < -0.3 is 0 Å². The van der Waals surface area contributed by atoms with Crippen molar-refractivity contribution in [3.05, 3.63) is 65.7 Å². The number of hydrogen-bond acceptors (Lipinski definition) is 3. The minimum Gasteiger partial charge on any atom is -0.294 e. The zero-order valence-electron chi connectivity index (χ0n) is 10.3. The van der Waals surface area contributed by atoms with Crippen LogP contribution in [0.15, 0.2) is 43.0 Å². The number of rotatable bonds is 3. The number of aromatic nitrogens is 3. The summed E-state index contributed by atoms with van der Waals surface area (Å²) in [6, 6.07) is 3.42. The Bertz CT molecular complexity index is 798. The van der Waals surface area contributed by atoms with Gasteiger partial charge in [0.1, 0.15) is 0 Å². The van der Waals surface area contributed by atoms with E-state index in [1.165, 1.54) is 23.0 Å². The second-order valence-electron chi connectivity index (χ2n) is 4.31. The molecule has 0 fully saturated rings. The Labute approximate surface area is 112 Å². The number of benzene rings is 1. The molecule has 0 N–H and O–H groups in total. The summed E-state index contributed by atoms with van der Waals surface area (Å²) < 4.78 is 27.5. The highest BCUT2D eigenvalue weighted by Gasteiger charge is 2.14. The Morgan fingerprint density at radius 1 is 1.20 bits per heavy atom. The molecule has 0 spiro atoms. The van der Waals surface area contributed by atoms with Crippen LogP contribution in [0.4, 0.5) is 8.78 Å². The summed E-state index contributed by atoms with van der Waals surface area (Å²) >= 11 is 0. The van der Waals surface area contributed by atoms with Crippen LogP contribution in [0.1, 0.15) is 15.9 Å². The van der Waals surface area contributed by atoms with E-state index in [2.05, 4.69) is 10.1 Å². The van der Waals surface area contributed by atoms with Crippen LogP contribution < -0.4 is 0 Å². The summed E-state index contributed by atoms with van der Waals surface area (Å²) in [4.78, 5) is 16.1. The number of fused-ring (bicyclic) bond motifs is 1. The molecule has 0 unspecified atom stereocenters. The highest BCUT2D eigenvalue weighted by molar-refractivity contribution is 6.03. The Hall–Kier alpha value is -2.63. The van der Waals surface area contributed by atoms with Crippen molar-refractivity contribution in [1.82, 2.24) is 14.6 Å². The van der Waals surface area contributed by atoms with Crippen LogP contribution in [-0.4, -0.2) is 20.4 Å². The van der Waals surface area contributed by atoms with E-state index in [1.807, 2.05) is 0 Å². The van der Waals surface area contributed by atoms with Crippen molar-refractivity contribution in [1.29, 1.82) is 0 Å². The predicted octanol–water partition coefficient (Wildman–Crippen LogP) is 2.43. The Balaban J connectivity index is 1.91. The van der Waals surface area contributed by atoms with Crippen LogP contribution in [0.2, 0.25) is 0 Å². The number of halogens is 2. The van der Waals surface area contributed by atoms with E-state index in [9.17, 15) is 13.6 Å². The van der Waals surface area contributed by atoms with Gasteiger partial charge in [-0.1, -0.05) is 6.07 Å². The number of ketones is 1. The molecule has 0 aliphatic heterocycles. The molecule has 0 saturated heterocycles. The third kappa shape index (κ3) is 2.16. The monoisotopic (exact) mass is 273 g/mol. The smallest absolute Gasteiger partial charge is 0.171 e. The van der Waals surface area contributed by atoms with Gasteiger partial charge in [-0.25, -0.2) is 13.3 Å². The molecule has 4 nitrogen and oxygen atoms in total. The van der Waals surface area contributed by atoms with E-state index >= 15 is 0 Å². The number of nitrogens with zero attached hydrogens (tertiary/aromatic N) is 3. The van der Waals surface area contributed by atoms with E-state index in [-0.39, 0.29) is 12.2 Å². The van der Waals surface area contributed by atoms with Gasteiger partial charge >= 0.3 is 0 Å². The zero-order valence-corrected chi connectivity index (χ0v) is 10.3. The van der Waals surface area contributed by atoms with E-state index in [0.29, 0.717) is 16.6 Å². The number of carbonyl (C=O) groups is 1. The first kappa shape index (κ1) is 12.4. The molecule has 20 heavy (non-hydrogen) atoms. The molecule has 3 rings (SSSR count). The fourth-order valence-electron chi connectivity index (χ4n) is 1.98. The third-order valence-corrected chi connectivity index (χ3v) is 2.97. The van der Waals surface area contributed by atoms with Crippen LogP contribution >= 0.6 is 0 Å². The van der Waals surface area contributed by atoms with E-state index < -0.39 is 11.6 Å². The molecule has 0 bridgehead atoms. The van der Waals surface area contributed by atoms with Gasteiger partial charge in [0.2, 0.25) is 0 Å². The lowest BCUT2D eigenvalue weighted by Gasteiger charge is -2.01. The van der Waals surface area contributed by atoms with Crippen LogP contribution in [-0.2, 0) is 6.42 Å². The average molecular weight is 273 g/mol. The molecule has 2 aromatic heterocycles. The first-order valence-electron chi connectivity index (χ1n) is 5.89. The van der Waals surface area contributed by atoms with Crippen LogP contribution in [0.25, 0.3) is 5.52 Å². The molecule has 1 aromatic carbocycles. The van der Waals surface area contributed by atoms with Gasteiger partial charge in [0.25, 0.3) is 0 Å². The fraction of sp³-hybridized carbons (Fsp3) is 0.0714. The van der Waals surface area contributed by atoms with Crippen molar-refractivity contribution in [2.45, 2.75) is 6.42 Å². The molecule has 0 saturated carbocycles. The topological polar surface area (TPSA) is 47.3 Å². The first-order valence-corrected chi connectivity index (χ1v) is 5.89. The molecule has 0 aliphatic rings. The molecular weight excluding hydrogens is 264 g/mol. The van der Waals surface area contributed by atoms with Gasteiger partial charge in [0, 0.05) is 18.8 Å². The maximum atomic E-state index is 13.1. The SMILES string of the molecule is O=C(Cc1ccc(F)c(F)c1)c1cnn2ccncc12. The summed E-state index contributed by atoms with van der Waals surface area (Å²) in [5, 5.41) is 4.03. The lowest BCUT2D eigenvalue weighted by atomic mass is 10.0. The highest BCUT2D eigenvalue weighted by atomic mass is 19.2. The largest absolute Gasteiger partial charge is 0.294 e. The second kappa shape index (κ2) is 4.80. The van der Waals surface area contributed by atoms with Crippen molar-refractivity contribution in [3.63, 3.8) is 0 Å². The lowest BCUT2D eigenvalue weighted by molar-refractivity contribution is 0.0994. The normalized spacial score (nSPS) is 10.9. The summed E-state index contributed by atoms with van der Waals surface area (Å²) in [5.74, 6) is -2.11. The number of carbonyl (C=O) groups excluding carboxylic acids is 1. The maximum Gasteiger partial charge on any atom is 0.171 e. The van der Waals surface area contributed by atoms with Crippen LogP contribution in [0.3, 0.4) is 0 Å². The molecule has 0 atom stereocenters. The van der Waals surface area contributed by atoms with Gasteiger partial charge in [0.05, 0.1) is 23.5 Å². The highest BCUT2D eigenvalue weighted by Crippen LogP contribution is 2.14. The summed E-state index contributed by atoms with van der Waals surface area (Å²) in [6.45, 7) is 0. The van der Waals surface area contributed by atoms with Crippen molar-refractivity contribution in [3.8, 4) is 0 Å². The van der Waals surface area contributed by atoms with Gasteiger partial charge in [-0.2, -0.15) is 5.10 Å². The van der Waals surface area contributed by atoms with Crippen molar-refractivity contribution >= 4 is 11.3 Å². The Morgan fingerprint density at radius 3 is 2.85 bits per heavy atom. The number of hydrogen-bond donors (Lipinski definition) is 0. The summed E-state index contributed by atoms with van der Waals surface area (Å²) in [5.41, 5.74) is 1.40. The average Bonchev–Trinajstić information content (AvgIpc) is 2.87. The molecule has 0 amide bonds. The lowest BCUT2D eigenvalue weighted by Crippen LogP contribution is -2.04. The van der Waals surface area contributed by atoms with Gasteiger partial charge in [-0.15, -0.1) is 0 Å². The van der Waals surface area contributed by atoms with Crippen molar-refractivity contribution in [2.75, 3.05) is 0 Å². The minimum absolute atomic E-state index is 0.0204. The van der Waals surface area contributed by atoms with Crippen LogP contribution in [0.5, 0.6) is 0 Å². The van der Waals surface area contributed by atoms with Crippen molar-refractivity contribution in [2.24, 2.45) is 0 Å². The molecule has 0 aliphatic carbocycles. The van der Waals surface area contributed by atoms with Gasteiger partial charge in [0.15, 0.2) is 17.4 Å². The first-order chi connectivity index (χ1) is 9.65. The summed E-state index contributed by atoms with van der Waals surface area (Å²) in [7, 11) is 0. The second-order valence-corrected chi connectivity index (χ2v) is 4.31. The Morgan fingerprint density at radius 2 is 2.05 bits per heavy atom. The van der Waals surface area contributed by atoms with Gasteiger partial charge in [-0.3, -0.25) is 9.78 Å². The van der Waals surface area contributed by atoms with E-state index in [1.54, 1.807) is 12.4 Å². The third-order valence-electron chi connectivity index (χ3n) is 2.97. The zero-order chi connectivity index (χ0) is 14.1. The molecule has 0 radical (unpaired) electrons. The molecular formula is C14H9F2N3O. The molecule has 100 valence electrons. The van der Waals surface area contributed by atoms with Gasteiger partial charge in [-0.05, 0) is 17.7 Å². The molecule has 3 aromatic rings. The summed E-state index contributed by atoms with van der Waals surface area (Å²) in [6.07, 6.45) is 6.14. The standard InChI is InChI=1S/C14H9F2N3O/c15-11-2-1-9(5-12(11)16)6-14(20)10-7-18-19-4-3-17-8-13(10)19/h1-5,7-8H,6H2. The number of Topliss-reactive ketones (excluding diaryl/α,β-unsaturated/α-hetero) is 1. The predicted molar refractivity (Wildman–Crippen MR) is 67.4 cm³/mol. The quantitative estimate of drug-likeness (QED) is 0.688.